The summed E-state index contributed by atoms with van der Waals surface area (Å²) in [6.45, 7) is 2.76. The molecule has 19 heavy (non-hydrogen) atoms. The van der Waals surface area contributed by atoms with E-state index in [-0.39, 0.29) is 23.8 Å². The van der Waals surface area contributed by atoms with E-state index < -0.39 is 10.0 Å². The first-order chi connectivity index (χ1) is 9.02. The number of H-pyrrole nitrogens is 1. The summed E-state index contributed by atoms with van der Waals surface area (Å²) in [4.78, 5) is 0. The van der Waals surface area contributed by atoms with E-state index in [1.807, 2.05) is 0 Å². The van der Waals surface area contributed by atoms with Crippen molar-refractivity contribution in [2.45, 2.75) is 43.5 Å². The summed E-state index contributed by atoms with van der Waals surface area (Å²) in [6, 6.07) is 0. The van der Waals surface area contributed by atoms with Gasteiger partial charge in [-0.3, -0.25) is 5.10 Å². The molecule has 3 rings (SSSR count). The van der Waals surface area contributed by atoms with Gasteiger partial charge in [-0.1, -0.05) is 0 Å². The maximum Gasteiger partial charge on any atom is 0.262 e. The van der Waals surface area contributed by atoms with Gasteiger partial charge in [-0.05, 0) is 19.8 Å². The van der Waals surface area contributed by atoms with Gasteiger partial charge in [-0.15, -0.1) is 0 Å². The van der Waals surface area contributed by atoms with Crippen LogP contribution in [0.1, 0.15) is 24.1 Å². The highest BCUT2D eigenvalue weighted by atomic mass is 32.2. The number of aromatic nitrogens is 2. The molecule has 0 aliphatic carbocycles. The first-order valence-corrected chi connectivity index (χ1v) is 7.86. The number of hydrogen-bond acceptors (Lipinski definition) is 5. The average Bonchev–Trinajstić information content (AvgIpc) is 2.92. The Morgan fingerprint density at radius 2 is 2.05 bits per heavy atom. The van der Waals surface area contributed by atoms with Crippen molar-refractivity contribution in [2.75, 3.05) is 13.1 Å². The second-order valence-electron chi connectivity index (χ2n) is 5.12. The highest BCUT2D eigenvalue weighted by Crippen LogP contribution is 2.30. The monoisotopic (exact) mass is 286 g/mol. The zero-order chi connectivity index (χ0) is 13.6. The van der Waals surface area contributed by atoms with Crippen LogP contribution in [0.15, 0.2) is 5.03 Å². The number of morpholine rings is 1. The second kappa shape index (κ2) is 4.55. The summed E-state index contributed by atoms with van der Waals surface area (Å²) in [6.07, 6.45) is 1.91. The van der Waals surface area contributed by atoms with Gasteiger partial charge in [0.25, 0.3) is 10.0 Å². The fourth-order valence-corrected chi connectivity index (χ4v) is 4.46. The van der Waals surface area contributed by atoms with Crippen molar-refractivity contribution >= 4 is 10.0 Å². The Bertz CT molecular complexity index is 571. The highest BCUT2D eigenvalue weighted by molar-refractivity contribution is 7.89. The van der Waals surface area contributed by atoms with Gasteiger partial charge in [0.15, 0.2) is 5.03 Å². The lowest BCUT2D eigenvalue weighted by Crippen LogP contribution is -2.46. The number of aryl methyl sites for hydroxylation is 1. The van der Waals surface area contributed by atoms with Crippen molar-refractivity contribution in [1.29, 1.82) is 0 Å². The van der Waals surface area contributed by atoms with Crippen LogP contribution in [0.3, 0.4) is 0 Å². The van der Waals surface area contributed by atoms with Crippen LogP contribution in [0.5, 0.6) is 0 Å². The molecular formula is C11H18N4O3S. The molecule has 0 aromatic carbocycles. The van der Waals surface area contributed by atoms with Crippen molar-refractivity contribution < 1.29 is 13.2 Å². The van der Waals surface area contributed by atoms with E-state index in [1.54, 1.807) is 6.92 Å². The Kier molecular flexibility index (Phi) is 3.12. The molecule has 2 fully saturated rings. The topological polar surface area (TPSA) is 101 Å². The molecule has 1 aromatic heterocycles. The third-order valence-electron chi connectivity index (χ3n) is 3.83. The summed E-state index contributed by atoms with van der Waals surface area (Å²) in [5.74, 6) is 0. The van der Waals surface area contributed by atoms with Crippen LogP contribution in [0.4, 0.5) is 0 Å². The van der Waals surface area contributed by atoms with Crippen LogP contribution < -0.4 is 5.73 Å². The van der Waals surface area contributed by atoms with Crippen LogP contribution in [0, 0.1) is 6.92 Å². The second-order valence-corrected chi connectivity index (χ2v) is 6.97. The minimum atomic E-state index is -3.58. The number of hydrogen-bond donors (Lipinski definition) is 2. The first-order valence-electron chi connectivity index (χ1n) is 6.42. The minimum Gasteiger partial charge on any atom is -0.372 e. The molecule has 2 aliphatic rings. The van der Waals surface area contributed by atoms with Crippen molar-refractivity contribution in [2.24, 2.45) is 5.73 Å². The average molecular weight is 286 g/mol. The number of nitrogens with zero attached hydrogens (tertiary/aromatic N) is 2. The van der Waals surface area contributed by atoms with Gasteiger partial charge in [0, 0.05) is 30.9 Å². The van der Waals surface area contributed by atoms with Gasteiger partial charge in [0.2, 0.25) is 0 Å². The summed E-state index contributed by atoms with van der Waals surface area (Å²) >= 11 is 0. The summed E-state index contributed by atoms with van der Waals surface area (Å²) in [5.41, 5.74) is 6.90. The number of ether oxygens (including phenoxy) is 1. The number of sulfonamides is 1. The molecule has 0 radical (unpaired) electrons. The van der Waals surface area contributed by atoms with Crippen LogP contribution >= 0.6 is 0 Å². The van der Waals surface area contributed by atoms with Gasteiger partial charge in [0.1, 0.15) is 0 Å². The lowest BCUT2D eigenvalue weighted by Gasteiger charge is -2.30. The molecule has 106 valence electrons. The molecule has 0 amide bonds. The number of nitrogens with one attached hydrogen (secondary N) is 1. The highest BCUT2D eigenvalue weighted by Gasteiger charge is 2.41. The van der Waals surface area contributed by atoms with Gasteiger partial charge >= 0.3 is 0 Å². The Labute approximate surface area is 112 Å². The van der Waals surface area contributed by atoms with E-state index in [0.29, 0.717) is 24.3 Å². The quantitative estimate of drug-likeness (QED) is 0.796. The zero-order valence-electron chi connectivity index (χ0n) is 10.8. The van der Waals surface area contributed by atoms with E-state index in [1.165, 1.54) is 4.31 Å². The normalized spacial score (nSPS) is 27.9. The molecule has 0 spiro atoms. The van der Waals surface area contributed by atoms with Crippen molar-refractivity contribution in [3.63, 3.8) is 0 Å². The molecule has 2 saturated heterocycles. The molecule has 7 nitrogen and oxygen atoms in total. The third-order valence-corrected chi connectivity index (χ3v) is 5.64. The van der Waals surface area contributed by atoms with Crippen molar-refractivity contribution in [1.82, 2.24) is 14.5 Å². The lowest BCUT2D eigenvalue weighted by molar-refractivity contribution is -0.0115. The predicted octanol–water partition coefficient (Wildman–Crippen LogP) is -0.271. The number of rotatable bonds is 3. The van der Waals surface area contributed by atoms with E-state index in [4.69, 9.17) is 10.5 Å². The van der Waals surface area contributed by atoms with Crippen molar-refractivity contribution in [3.8, 4) is 0 Å². The Hall–Kier alpha value is -0.960. The Balaban J connectivity index is 1.94. The van der Waals surface area contributed by atoms with Gasteiger partial charge in [-0.25, -0.2) is 8.42 Å². The molecular weight excluding hydrogens is 268 g/mol. The molecule has 3 N–H and O–H groups in total. The van der Waals surface area contributed by atoms with E-state index in [9.17, 15) is 8.42 Å². The van der Waals surface area contributed by atoms with Gasteiger partial charge in [0.05, 0.1) is 12.2 Å². The predicted molar refractivity (Wildman–Crippen MR) is 67.9 cm³/mol. The number of nitrogens with two attached hydrogens (primary N) is 1. The fraction of sp³-hybridized carbons (Fsp3) is 0.727. The van der Waals surface area contributed by atoms with E-state index in [2.05, 4.69) is 10.2 Å². The molecule has 2 aliphatic heterocycles. The SMILES string of the molecule is Cc1[nH]nc(S(=O)(=O)N2CC3CCC(C2)O3)c1CN. The van der Waals surface area contributed by atoms with Crippen LogP contribution in [0.2, 0.25) is 0 Å². The largest absolute Gasteiger partial charge is 0.372 e. The van der Waals surface area contributed by atoms with E-state index in [0.717, 1.165) is 12.8 Å². The Morgan fingerprint density at radius 1 is 1.42 bits per heavy atom. The molecule has 2 atom stereocenters. The summed E-state index contributed by atoms with van der Waals surface area (Å²) < 4.78 is 32.4. The first kappa shape index (κ1) is 13.0. The standard InChI is InChI=1S/C11H18N4O3S/c1-7-10(4-12)11(14-13-7)19(16,17)15-5-8-2-3-9(6-15)18-8/h8-9H,2-6,12H2,1H3,(H,13,14). The third kappa shape index (κ3) is 2.08. The lowest BCUT2D eigenvalue weighted by atomic mass is 10.2. The molecule has 1 aromatic rings. The van der Waals surface area contributed by atoms with Crippen LogP contribution in [0.25, 0.3) is 0 Å². The number of fused-ring (bicyclic) bond motifs is 2. The van der Waals surface area contributed by atoms with Crippen LogP contribution in [-0.4, -0.2) is 48.2 Å². The maximum atomic E-state index is 12.6. The zero-order valence-corrected chi connectivity index (χ0v) is 11.6. The van der Waals surface area contributed by atoms with Gasteiger partial charge < -0.3 is 10.5 Å². The minimum absolute atomic E-state index is 0.0230. The smallest absolute Gasteiger partial charge is 0.262 e. The summed E-state index contributed by atoms with van der Waals surface area (Å²) in [7, 11) is -3.58. The van der Waals surface area contributed by atoms with E-state index >= 15 is 0 Å². The fourth-order valence-electron chi connectivity index (χ4n) is 2.78. The molecule has 0 saturated carbocycles. The molecule has 8 heteroatoms. The van der Waals surface area contributed by atoms with Crippen molar-refractivity contribution in [3.05, 3.63) is 11.3 Å². The van der Waals surface area contributed by atoms with Crippen LogP contribution in [-0.2, 0) is 21.3 Å². The molecule has 2 unspecified atom stereocenters. The Morgan fingerprint density at radius 3 is 2.63 bits per heavy atom. The molecule has 3 heterocycles. The molecule has 2 bridgehead atoms. The van der Waals surface area contributed by atoms with Gasteiger partial charge in [-0.2, -0.15) is 9.40 Å². The maximum absolute atomic E-state index is 12.6. The summed E-state index contributed by atoms with van der Waals surface area (Å²) in [5, 5.41) is 6.70. The number of aromatic amines is 1.